The van der Waals surface area contributed by atoms with Crippen molar-refractivity contribution in [1.29, 1.82) is 0 Å². The van der Waals surface area contributed by atoms with E-state index in [1.165, 1.54) is 0 Å². The number of amides is 3. The number of rotatable bonds is 8. The molecule has 0 radical (unpaired) electrons. The Morgan fingerprint density at radius 3 is 2.26 bits per heavy atom. The molecule has 0 saturated carbocycles. The largest absolute Gasteiger partial charge is 0.487 e. The monoisotopic (exact) mass is 486 g/mol. The summed E-state index contributed by atoms with van der Waals surface area (Å²) < 4.78 is 6.28. The zero-order valence-corrected chi connectivity index (χ0v) is 22.1. The number of hydrogen-bond donors (Lipinski definition) is 4. The summed E-state index contributed by atoms with van der Waals surface area (Å²) in [6.07, 6.45) is 4.03. The van der Waals surface area contributed by atoms with Gasteiger partial charge in [0.25, 0.3) is 0 Å². The number of ether oxygens (including phenoxy) is 1. The molecule has 0 aliphatic carbocycles. The van der Waals surface area contributed by atoms with Crippen LogP contribution >= 0.6 is 0 Å². The summed E-state index contributed by atoms with van der Waals surface area (Å²) in [5.41, 5.74) is 0.898. The summed E-state index contributed by atoms with van der Waals surface area (Å²) >= 11 is 0. The molecule has 1 aromatic carbocycles. The van der Waals surface area contributed by atoms with E-state index in [2.05, 4.69) is 21.3 Å². The second kappa shape index (κ2) is 13.3. The van der Waals surface area contributed by atoms with Crippen LogP contribution in [0.4, 0.5) is 0 Å². The summed E-state index contributed by atoms with van der Waals surface area (Å²) in [7, 11) is 1.73. The van der Waals surface area contributed by atoms with Crippen LogP contribution in [0, 0.1) is 17.8 Å². The van der Waals surface area contributed by atoms with Crippen molar-refractivity contribution in [3.05, 3.63) is 36.0 Å². The van der Waals surface area contributed by atoms with Gasteiger partial charge in [-0.15, -0.1) is 0 Å². The quantitative estimate of drug-likeness (QED) is 0.452. The second-order valence-electron chi connectivity index (χ2n) is 10.1. The number of carbonyl (C=O) groups is 3. The van der Waals surface area contributed by atoms with E-state index >= 15 is 0 Å². The third kappa shape index (κ3) is 8.09. The molecule has 8 nitrogen and oxygen atoms in total. The maximum atomic E-state index is 13.7. The fourth-order valence-corrected chi connectivity index (χ4v) is 4.04. The van der Waals surface area contributed by atoms with Gasteiger partial charge in [-0.2, -0.15) is 0 Å². The molecule has 2 heterocycles. The van der Waals surface area contributed by atoms with Crippen LogP contribution in [-0.4, -0.2) is 49.0 Å². The summed E-state index contributed by atoms with van der Waals surface area (Å²) in [6.45, 7) is 11.9. The Bertz CT molecular complexity index is 882. The molecule has 0 spiro atoms. The zero-order chi connectivity index (χ0) is 26.1. The van der Waals surface area contributed by atoms with Crippen molar-refractivity contribution in [1.82, 2.24) is 21.3 Å². The van der Waals surface area contributed by atoms with E-state index in [9.17, 15) is 14.4 Å². The number of likely N-dealkylation sites (N-methyl/N-ethyl adjacent to an activating group) is 1. The van der Waals surface area contributed by atoms with Gasteiger partial charge < -0.3 is 26.0 Å². The summed E-state index contributed by atoms with van der Waals surface area (Å²) in [5.74, 6) is -0.364. The van der Waals surface area contributed by atoms with Crippen LogP contribution in [0.25, 0.3) is 6.08 Å². The molecular weight excluding hydrogens is 444 g/mol. The maximum Gasteiger partial charge on any atom is 0.247 e. The van der Waals surface area contributed by atoms with Gasteiger partial charge in [-0.25, -0.2) is 0 Å². The molecule has 2 bridgehead atoms. The standard InChI is InChI=1S/C27H42N4O4/c1-8-18(6)22-26(33)29-14-13-19-9-11-20(12-10-19)35-24(17(4)5)23(27(34)30-22)31-25(32)21(28-7)15-16(2)3/h9-14,16-18,21-24,28H,8,15H2,1-7H3,(H,29,33)(H,30,34)(H,31,32)/t18-,21-,22+,23+,24+/m0/s1. The van der Waals surface area contributed by atoms with Crippen molar-refractivity contribution in [2.75, 3.05) is 7.05 Å². The first kappa shape index (κ1) is 28.4. The highest BCUT2D eigenvalue weighted by Crippen LogP contribution is 2.21. The van der Waals surface area contributed by atoms with Crippen LogP contribution in [0.1, 0.15) is 59.9 Å². The average Bonchev–Trinajstić information content (AvgIpc) is 2.82. The van der Waals surface area contributed by atoms with Crippen LogP contribution < -0.4 is 26.0 Å². The first-order valence-corrected chi connectivity index (χ1v) is 12.6. The number of carbonyl (C=O) groups excluding carboxylic acids is 3. The Morgan fingerprint density at radius 2 is 1.71 bits per heavy atom. The lowest BCUT2D eigenvalue weighted by Gasteiger charge is -2.33. The van der Waals surface area contributed by atoms with Gasteiger partial charge in [-0.05, 0) is 55.0 Å². The molecule has 0 aromatic heterocycles. The number of fused-ring (bicyclic) bond motifs is 10. The fourth-order valence-electron chi connectivity index (χ4n) is 4.04. The Morgan fingerprint density at radius 1 is 1.06 bits per heavy atom. The molecule has 2 aliphatic rings. The molecule has 3 rings (SSSR count). The van der Waals surface area contributed by atoms with Gasteiger partial charge in [-0.1, -0.05) is 60.1 Å². The minimum atomic E-state index is -0.997. The summed E-state index contributed by atoms with van der Waals surface area (Å²) in [4.78, 5) is 39.9. The van der Waals surface area contributed by atoms with Crippen molar-refractivity contribution in [3.63, 3.8) is 0 Å². The van der Waals surface area contributed by atoms with E-state index in [1.807, 2.05) is 65.8 Å². The zero-order valence-electron chi connectivity index (χ0n) is 22.1. The number of benzene rings is 1. The van der Waals surface area contributed by atoms with Crippen molar-refractivity contribution >= 4 is 23.8 Å². The third-order valence-corrected chi connectivity index (χ3v) is 6.38. The Labute approximate surface area is 209 Å². The van der Waals surface area contributed by atoms with Gasteiger partial charge in [0.15, 0.2) is 0 Å². The molecule has 1 aromatic rings. The molecule has 35 heavy (non-hydrogen) atoms. The van der Waals surface area contributed by atoms with E-state index in [0.29, 0.717) is 24.5 Å². The van der Waals surface area contributed by atoms with Gasteiger partial charge in [-0.3, -0.25) is 14.4 Å². The highest BCUT2D eigenvalue weighted by molar-refractivity contribution is 5.94. The minimum Gasteiger partial charge on any atom is -0.487 e. The van der Waals surface area contributed by atoms with E-state index in [0.717, 1.165) is 5.56 Å². The molecule has 3 amide bonds. The van der Waals surface area contributed by atoms with Gasteiger partial charge in [0.05, 0.1) is 6.04 Å². The summed E-state index contributed by atoms with van der Waals surface area (Å²) in [5, 5.41) is 11.7. The SMILES string of the molecule is CC[C@H](C)[C@H]1NC(=O)[C@H](NC(=O)[C@H](CC(C)C)NC)[C@@H](C(C)C)Oc2ccc(cc2)C=CNC1=O. The first-order chi connectivity index (χ1) is 16.6. The van der Waals surface area contributed by atoms with E-state index in [-0.39, 0.29) is 23.7 Å². The molecule has 0 unspecified atom stereocenters. The van der Waals surface area contributed by atoms with Crippen LogP contribution in [0.15, 0.2) is 30.5 Å². The number of hydrogen-bond acceptors (Lipinski definition) is 5. The molecule has 8 heteroatoms. The first-order valence-electron chi connectivity index (χ1n) is 12.6. The Balaban J connectivity index is 2.50. The lowest BCUT2D eigenvalue weighted by Crippen LogP contribution is -2.62. The predicted octanol–water partition coefficient (Wildman–Crippen LogP) is 2.84. The fraction of sp³-hybridized carbons (Fsp3) is 0.593. The number of nitrogens with one attached hydrogen (secondary N) is 4. The lowest BCUT2D eigenvalue weighted by atomic mass is 9.94. The Kier molecular flexibility index (Phi) is 10.8. The molecule has 4 N–H and O–H groups in total. The van der Waals surface area contributed by atoms with Gasteiger partial charge in [0.1, 0.15) is 23.9 Å². The smallest absolute Gasteiger partial charge is 0.247 e. The normalized spacial score (nSPS) is 22.7. The van der Waals surface area contributed by atoms with Gasteiger partial charge in [0.2, 0.25) is 17.7 Å². The molecule has 0 saturated heterocycles. The second-order valence-corrected chi connectivity index (χ2v) is 10.1. The van der Waals surface area contributed by atoms with E-state index < -0.39 is 30.1 Å². The third-order valence-electron chi connectivity index (χ3n) is 6.38. The van der Waals surface area contributed by atoms with Crippen molar-refractivity contribution < 1.29 is 19.1 Å². The van der Waals surface area contributed by atoms with Crippen LogP contribution in [-0.2, 0) is 14.4 Å². The molecular formula is C27H42N4O4. The van der Waals surface area contributed by atoms with Crippen molar-refractivity contribution in [3.8, 4) is 5.75 Å². The average molecular weight is 487 g/mol. The van der Waals surface area contributed by atoms with Gasteiger partial charge in [0, 0.05) is 6.20 Å². The van der Waals surface area contributed by atoms with E-state index in [1.54, 1.807) is 19.3 Å². The summed E-state index contributed by atoms with van der Waals surface area (Å²) in [6, 6.07) is 5.17. The molecule has 0 fully saturated rings. The minimum absolute atomic E-state index is 0.104. The highest BCUT2D eigenvalue weighted by Gasteiger charge is 2.38. The van der Waals surface area contributed by atoms with E-state index in [4.69, 9.17) is 4.74 Å². The maximum absolute atomic E-state index is 13.7. The van der Waals surface area contributed by atoms with Crippen LogP contribution in [0.3, 0.4) is 0 Å². The topological polar surface area (TPSA) is 109 Å². The Hall–Kier alpha value is -2.87. The van der Waals surface area contributed by atoms with Crippen molar-refractivity contribution in [2.24, 2.45) is 17.8 Å². The van der Waals surface area contributed by atoms with Crippen molar-refractivity contribution in [2.45, 2.75) is 78.6 Å². The van der Waals surface area contributed by atoms with Crippen LogP contribution in [0.2, 0.25) is 0 Å². The molecule has 194 valence electrons. The van der Waals surface area contributed by atoms with Gasteiger partial charge >= 0.3 is 0 Å². The predicted molar refractivity (Wildman–Crippen MR) is 138 cm³/mol. The molecule has 5 atom stereocenters. The highest BCUT2D eigenvalue weighted by atomic mass is 16.5. The molecule has 2 aliphatic heterocycles. The van der Waals surface area contributed by atoms with Crippen LogP contribution in [0.5, 0.6) is 5.75 Å². The lowest BCUT2D eigenvalue weighted by molar-refractivity contribution is -0.135.